The van der Waals surface area contributed by atoms with Gasteiger partial charge >= 0.3 is 5.97 Å². The second-order valence-corrected chi connectivity index (χ2v) is 5.88. The number of esters is 1. The van der Waals surface area contributed by atoms with Crippen LogP contribution in [0.2, 0.25) is 0 Å². The number of hydrogen-bond donors (Lipinski definition) is 2. The Morgan fingerprint density at radius 2 is 1.61 bits per heavy atom. The van der Waals surface area contributed by atoms with Crippen LogP contribution in [-0.2, 0) is 4.79 Å². The van der Waals surface area contributed by atoms with Crippen LogP contribution in [0.15, 0.2) is 90.0 Å². The van der Waals surface area contributed by atoms with Gasteiger partial charge < -0.3 is 9.84 Å². The van der Waals surface area contributed by atoms with E-state index in [4.69, 9.17) is 4.74 Å². The Kier molecular flexibility index (Phi) is 6.28. The molecule has 0 aliphatic heterocycles. The van der Waals surface area contributed by atoms with Crippen LogP contribution in [0.25, 0.3) is 0 Å². The third kappa shape index (κ3) is 5.12. The number of carbonyl (C=O) groups is 2. The van der Waals surface area contributed by atoms with Crippen molar-refractivity contribution in [2.45, 2.75) is 6.10 Å². The van der Waals surface area contributed by atoms with E-state index in [9.17, 15) is 14.7 Å². The second kappa shape index (κ2) is 9.25. The maximum absolute atomic E-state index is 12.1. The summed E-state index contributed by atoms with van der Waals surface area (Å²) in [5, 5.41) is 13.8. The number of hydrazone groups is 1. The Balaban J connectivity index is 1.59. The van der Waals surface area contributed by atoms with Crippen LogP contribution in [0.5, 0.6) is 5.75 Å². The van der Waals surface area contributed by atoms with Crippen molar-refractivity contribution in [3.8, 4) is 5.75 Å². The first kappa shape index (κ1) is 19.0. The Morgan fingerprint density at radius 3 is 2.32 bits per heavy atom. The Labute approximate surface area is 162 Å². The lowest BCUT2D eigenvalue weighted by Crippen LogP contribution is -2.25. The summed E-state index contributed by atoms with van der Waals surface area (Å²) in [6.07, 6.45) is 0.0895. The van der Waals surface area contributed by atoms with Crippen molar-refractivity contribution in [3.63, 3.8) is 0 Å². The van der Waals surface area contributed by atoms with Crippen molar-refractivity contribution >= 4 is 18.1 Å². The molecule has 3 aromatic rings. The molecule has 0 radical (unpaired) electrons. The van der Waals surface area contributed by atoms with Crippen LogP contribution < -0.4 is 10.2 Å². The van der Waals surface area contributed by atoms with Gasteiger partial charge in [0.05, 0.1) is 11.8 Å². The number of nitrogens with zero attached hydrogens (tertiary/aromatic N) is 1. The molecule has 2 N–H and O–H groups in total. The molecule has 0 bridgehead atoms. The molecule has 28 heavy (non-hydrogen) atoms. The Hall–Kier alpha value is -3.77. The smallest absolute Gasteiger partial charge is 0.343 e. The molecule has 0 heterocycles. The van der Waals surface area contributed by atoms with Gasteiger partial charge in [0.2, 0.25) is 0 Å². The molecule has 6 nitrogen and oxygen atoms in total. The molecule has 1 atom stereocenters. The van der Waals surface area contributed by atoms with E-state index in [2.05, 4.69) is 10.5 Å². The number of benzene rings is 3. The van der Waals surface area contributed by atoms with E-state index >= 15 is 0 Å². The number of rotatable bonds is 6. The van der Waals surface area contributed by atoms with Gasteiger partial charge in [-0.1, -0.05) is 60.7 Å². The van der Waals surface area contributed by atoms with Crippen LogP contribution in [-0.4, -0.2) is 23.2 Å². The third-order valence-electron chi connectivity index (χ3n) is 3.83. The monoisotopic (exact) mass is 374 g/mol. The molecule has 0 aliphatic rings. The van der Waals surface area contributed by atoms with Crippen molar-refractivity contribution in [1.82, 2.24) is 5.43 Å². The highest BCUT2D eigenvalue weighted by molar-refractivity contribution is 5.91. The topological polar surface area (TPSA) is 88.0 Å². The quantitative estimate of drug-likeness (QED) is 0.300. The van der Waals surface area contributed by atoms with Crippen LogP contribution in [0.3, 0.4) is 0 Å². The molecule has 0 aliphatic carbocycles. The first-order valence-electron chi connectivity index (χ1n) is 8.57. The van der Waals surface area contributed by atoms with Crippen molar-refractivity contribution < 1.29 is 19.4 Å². The molecule has 3 rings (SSSR count). The fraction of sp³-hybridized carbons (Fsp3) is 0.0455. The van der Waals surface area contributed by atoms with E-state index in [-0.39, 0.29) is 0 Å². The van der Waals surface area contributed by atoms with Gasteiger partial charge in [0.1, 0.15) is 5.75 Å². The zero-order valence-corrected chi connectivity index (χ0v) is 14.9. The third-order valence-corrected chi connectivity index (χ3v) is 3.83. The minimum atomic E-state index is -1.31. The van der Waals surface area contributed by atoms with E-state index in [1.165, 1.54) is 6.21 Å². The maximum atomic E-state index is 12.1. The average molecular weight is 374 g/mol. The van der Waals surface area contributed by atoms with Gasteiger partial charge in [-0.25, -0.2) is 10.2 Å². The predicted molar refractivity (Wildman–Crippen MR) is 105 cm³/mol. The van der Waals surface area contributed by atoms with Crippen molar-refractivity contribution in [3.05, 3.63) is 102 Å². The molecule has 0 saturated carbocycles. The minimum absolute atomic E-state index is 0.355. The molecule has 0 spiro atoms. The fourth-order valence-electron chi connectivity index (χ4n) is 2.42. The molecule has 3 aromatic carbocycles. The van der Waals surface area contributed by atoms with E-state index < -0.39 is 18.0 Å². The van der Waals surface area contributed by atoms with E-state index in [0.717, 1.165) is 0 Å². The summed E-state index contributed by atoms with van der Waals surface area (Å²) < 4.78 is 5.34. The van der Waals surface area contributed by atoms with Gasteiger partial charge in [-0.3, -0.25) is 4.79 Å². The van der Waals surface area contributed by atoms with Gasteiger partial charge in [-0.05, 0) is 35.4 Å². The van der Waals surface area contributed by atoms with Gasteiger partial charge in [0, 0.05) is 0 Å². The molecule has 6 heteroatoms. The molecule has 0 saturated heterocycles. The van der Waals surface area contributed by atoms with Crippen molar-refractivity contribution in [2.75, 3.05) is 0 Å². The van der Waals surface area contributed by atoms with E-state index in [1.54, 1.807) is 78.9 Å². The number of aliphatic hydroxyl groups excluding tert-OH is 1. The van der Waals surface area contributed by atoms with Gasteiger partial charge in [-0.2, -0.15) is 5.10 Å². The summed E-state index contributed by atoms with van der Waals surface area (Å²) in [6.45, 7) is 0. The molecule has 0 unspecified atom stereocenters. The van der Waals surface area contributed by atoms with Gasteiger partial charge in [0.15, 0.2) is 6.10 Å². The first-order valence-corrected chi connectivity index (χ1v) is 8.57. The number of carbonyl (C=O) groups excluding carboxylic acids is 2. The number of ether oxygens (including phenoxy) is 1. The molecular weight excluding hydrogens is 356 g/mol. The van der Waals surface area contributed by atoms with Crippen LogP contribution in [0.1, 0.15) is 27.6 Å². The number of hydrogen-bond acceptors (Lipinski definition) is 5. The first-order chi connectivity index (χ1) is 13.6. The molecule has 0 fully saturated rings. The minimum Gasteiger partial charge on any atom is -0.423 e. The standard InChI is InChI=1S/C22H18N2O4/c25-20(17-9-3-1-4-10-17)21(26)24-23-15-16-8-7-13-19(14-16)28-22(27)18-11-5-2-6-12-18/h1-15,20,25H,(H,24,26)/b23-15-/t20-/m1/s1. The highest BCUT2D eigenvalue weighted by Crippen LogP contribution is 2.15. The highest BCUT2D eigenvalue weighted by atomic mass is 16.5. The van der Waals surface area contributed by atoms with Crippen LogP contribution in [0, 0.1) is 0 Å². The summed E-state index contributed by atoms with van der Waals surface area (Å²) in [7, 11) is 0. The normalized spacial score (nSPS) is 11.8. The number of amides is 1. The molecule has 0 aromatic heterocycles. The molecule has 1 amide bonds. The largest absolute Gasteiger partial charge is 0.423 e. The lowest BCUT2D eigenvalue weighted by atomic mass is 10.1. The van der Waals surface area contributed by atoms with Crippen LogP contribution in [0.4, 0.5) is 0 Å². The van der Waals surface area contributed by atoms with Gasteiger partial charge in [0.25, 0.3) is 5.91 Å². The van der Waals surface area contributed by atoms with E-state index in [1.807, 2.05) is 6.07 Å². The fourth-order valence-corrected chi connectivity index (χ4v) is 2.42. The van der Waals surface area contributed by atoms with Gasteiger partial charge in [-0.15, -0.1) is 0 Å². The SMILES string of the molecule is O=C(Oc1cccc(/C=N\NC(=O)[C@H](O)c2ccccc2)c1)c1ccccc1. The zero-order chi connectivity index (χ0) is 19.8. The van der Waals surface area contributed by atoms with E-state index in [0.29, 0.717) is 22.4 Å². The van der Waals surface area contributed by atoms with Crippen molar-refractivity contribution in [1.29, 1.82) is 0 Å². The Morgan fingerprint density at radius 1 is 0.929 bits per heavy atom. The van der Waals surface area contributed by atoms with Crippen LogP contribution >= 0.6 is 0 Å². The highest BCUT2D eigenvalue weighted by Gasteiger charge is 2.16. The summed E-state index contributed by atoms with van der Waals surface area (Å²) in [4.78, 5) is 24.1. The number of aliphatic hydroxyl groups is 1. The Bertz CT molecular complexity index is 972. The summed E-state index contributed by atoms with van der Waals surface area (Å²) in [6, 6.07) is 23.9. The summed E-state index contributed by atoms with van der Waals surface area (Å²) in [5.74, 6) is -0.753. The number of nitrogens with one attached hydrogen (secondary N) is 1. The lowest BCUT2D eigenvalue weighted by molar-refractivity contribution is -0.129. The maximum Gasteiger partial charge on any atom is 0.343 e. The molecule has 140 valence electrons. The summed E-state index contributed by atoms with van der Waals surface area (Å²) in [5.41, 5.74) is 3.83. The predicted octanol–water partition coefficient (Wildman–Crippen LogP) is 3.09. The lowest BCUT2D eigenvalue weighted by Gasteiger charge is -2.08. The average Bonchev–Trinajstić information content (AvgIpc) is 2.74. The molecular formula is C22H18N2O4. The summed E-state index contributed by atoms with van der Waals surface area (Å²) >= 11 is 0. The second-order valence-electron chi connectivity index (χ2n) is 5.88. The van der Waals surface area contributed by atoms with Crippen molar-refractivity contribution in [2.24, 2.45) is 5.10 Å². The zero-order valence-electron chi connectivity index (χ0n) is 14.9.